The third-order valence-electron chi connectivity index (χ3n) is 4.85. The van der Waals surface area contributed by atoms with E-state index >= 15 is 0 Å². The fraction of sp³-hybridized carbons (Fsp3) is 0.292. The smallest absolute Gasteiger partial charge is 0.416 e. The minimum Gasteiger partial charge on any atom is -0.489 e. The molecular weight excluding hydrogens is 441 g/mol. The number of aliphatic carboxylic acids is 1. The Morgan fingerprint density at radius 1 is 1.22 bits per heavy atom. The van der Waals surface area contributed by atoms with Crippen LogP contribution >= 0.6 is 11.8 Å². The summed E-state index contributed by atoms with van der Waals surface area (Å²) in [5.74, 6) is 0.594. The number of thioether (sulfide) groups is 1. The van der Waals surface area contributed by atoms with Gasteiger partial charge in [0.1, 0.15) is 28.6 Å². The number of allylic oxidation sites excluding steroid dienone is 3. The molecule has 1 heterocycles. The summed E-state index contributed by atoms with van der Waals surface area (Å²) in [6, 6.07) is 6.66. The van der Waals surface area contributed by atoms with E-state index in [1.54, 1.807) is 51.1 Å². The van der Waals surface area contributed by atoms with Crippen molar-refractivity contribution in [3.8, 4) is 11.3 Å². The molecule has 1 unspecified atom stereocenters. The fourth-order valence-electron chi connectivity index (χ4n) is 2.95. The highest BCUT2D eigenvalue weighted by Crippen LogP contribution is 2.34. The molecule has 0 radical (unpaired) electrons. The largest absolute Gasteiger partial charge is 0.489 e. The van der Waals surface area contributed by atoms with E-state index in [0.29, 0.717) is 22.8 Å². The maximum atomic E-state index is 13.0. The van der Waals surface area contributed by atoms with Crippen LogP contribution in [0.25, 0.3) is 11.3 Å². The third kappa shape index (κ3) is 5.88. The predicted molar refractivity (Wildman–Crippen MR) is 118 cm³/mol. The lowest BCUT2D eigenvalue weighted by Crippen LogP contribution is -2.29. The Morgan fingerprint density at radius 2 is 1.97 bits per heavy atom. The molecule has 1 aliphatic carbocycles. The highest BCUT2D eigenvalue weighted by atomic mass is 32.2. The summed E-state index contributed by atoms with van der Waals surface area (Å²) in [7, 11) is 0. The number of aryl methyl sites for hydroxylation is 1. The van der Waals surface area contributed by atoms with Crippen LogP contribution in [0.15, 0.2) is 70.9 Å². The van der Waals surface area contributed by atoms with Gasteiger partial charge in [-0.25, -0.2) is 0 Å². The van der Waals surface area contributed by atoms with Gasteiger partial charge >= 0.3 is 12.1 Å². The molecule has 0 aliphatic heterocycles. The minimum absolute atomic E-state index is 0.123. The van der Waals surface area contributed by atoms with Crippen LogP contribution in [0.2, 0.25) is 0 Å². The number of halogens is 3. The number of furan rings is 1. The van der Waals surface area contributed by atoms with Crippen LogP contribution in [-0.4, -0.2) is 21.1 Å². The van der Waals surface area contributed by atoms with Crippen molar-refractivity contribution in [2.24, 2.45) is 0 Å². The van der Waals surface area contributed by atoms with E-state index in [4.69, 9.17) is 9.15 Å². The van der Waals surface area contributed by atoms with E-state index in [1.165, 1.54) is 17.8 Å². The lowest BCUT2D eigenvalue weighted by Gasteiger charge is -2.21. The van der Waals surface area contributed by atoms with Crippen molar-refractivity contribution in [3.05, 3.63) is 83.4 Å². The average molecular weight is 465 g/mol. The number of hydrogen-bond acceptors (Lipinski definition) is 4. The van der Waals surface area contributed by atoms with E-state index in [2.05, 4.69) is 0 Å². The SMILES string of the molecule is Cc1oc(-c2cccc(C(F)(F)F)c2)cc1COC1=CC=CC(SC(C)(C)C(=O)O)C=C1. The summed E-state index contributed by atoms with van der Waals surface area (Å²) in [4.78, 5) is 11.3. The molecular formula is C24H23F3O4S. The molecule has 0 amide bonds. The summed E-state index contributed by atoms with van der Waals surface area (Å²) in [5.41, 5.74) is 0.324. The lowest BCUT2D eigenvalue weighted by atomic mass is 10.1. The predicted octanol–water partition coefficient (Wildman–Crippen LogP) is 6.77. The van der Waals surface area contributed by atoms with Crippen LogP contribution in [0.1, 0.15) is 30.7 Å². The number of ether oxygens (including phenoxy) is 1. The molecule has 1 atom stereocenters. The van der Waals surface area contributed by atoms with Crippen molar-refractivity contribution in [1.29, 1.82) is 0 Å². The lowest BCUT2D eigenvalue weighted by molar-refractivity contribution is -0.139. The Balaban J connectivity index is 1.67. The summed E-state index contributed by atoms with van der Waals surface area (Å²) in [6.07, 6.45) is 4.68. The van der Waals surface area contributed by atoms with Gasteiger partial charge in [-0.2, -0.15) is 13.2 Å². The van der Waals surface area contributed by atoms with E-state index in [1.807, 2.05) is 12.2 Å². The number of carboxylic acid groups (broad SMARTS) is 1. The molecule has 0 bridgehead atoms. The first kappa shape index (κ1) is 23.8. The van der Waals surface area contributed by atoms with Gasteiger partial charge < -0.3 is 14.3 Å². The zero-order valence-corrected chi connectivity index (χ0v) is 18.6. The first-order valence-corrected chi connectivity index (χ1v) is 10.7. The second-order valence-corrected chi connectivity index (χ2v) is 9.57. The maximum Gasteiger partial charge on any atom is 0.416 e. The molecule has 1 N–H and O–H groups in total. The monoisotopic (exact) mass is 464 g/mol. The molecule has 0 saturated carbocycles. The topological polar surface area (TPSA) is 59.7 Å². The van der Waals surface area contributed by atoms with Gasteiger partial charge in [0.2, 0.25) is 0 Å². The first-order valence-electron chi connectivity index (χ1n) is 9.83. The molecule has 3 rings (SSSR count). The Morgan fingerprint density at radius 3 is 2.66 bits per heavy atom. The average Bonchev–Trinajstić information content (AvgIpc) is 2.94. The molecule has 4 nitrogen and oxygen atoms in total. The van der Waals surface area contributed by atoms with Gasteiger partial charge in [-0.15, -0.1) is 11.8 Å². The van der Waals surface area contributed by atoms with Gasteiger partial charge in [-0.3, -0.25) is 4.79 Å². The van der Waals surface area contributed by atoms with Crippen molar-refractivity contribution in [2.75, 3.05) is 0 Å². The summed E-state index contributed by atoms with van der Waals surface area (Å²) in [6.45, 7) is 5.21. The second kappa shape index (κ2) is 9.32. The Kier molecular flexibility index (Phi) is 6.93. The first-order chi connectivity index (χ1) is 15.0. The van der Waals surface area contributed by atoms with Crippen LogP contribution in [-0.2, 0) is 22.3 Å². The van der Waals surface area contributed by atoms with E-state index in [0.717, 1.165) is 17.7 Å². The summed E-state index contributed by atoms with van der Waals surface area (Å²) < 4.78 is 49.5. The van der Waals surface area contributed by atoms with Gasteiger partial charge in [-0.1, -0.05) is 30.4 Å². The Labute approximate surface area is 188 Å². The summed E-state index contributed by atoms with van der Waals surface area (Å²) >= 11 is 1.31. The zero-order valence-electron chi connectivity index (χ0n) is 17.8. The molecule has 2 aromatic rings. The number of benzene rings is 1. The molecule has 0 spiro atoms. The number of hydrogen-bond donors (Lipinski definition) is 1. The maximum absolute atomic E-state index is 13.0. The van der Waals surface area contributed by atoms with Gasteiger partial charge in [0, 0.05) is 16.4 Å². The molecule has 32 heavy (non-hydrogen) atoms. The molecule has 1 aromatic carbocycles. The minimum atomic E-state index is -4.43. The number of alkyl halides is 3. The van der Waals surface area contributed by atoms with Gasteiger partial charge in [0.25, 0.3) is 0 Å². The van der Waals surface area contributed by atoms with Crippen molar-refractivity contribution in [3.63, 3.8) is 0 Å². The van der Waals surface area contributed by atoms with Gasteiger partial charge in [0.15, 0.2) is 0 Å². The normalized spacial score (nSPS) is 16.6. The quantitative estimate of drug-likeness (QED) is 0.490. The van der Waals surface area contributed by atoms with Crippen molar-refractivity contribution in [2.45, 2.75) is 43.6 Å². The second-order valence-electron chi connectivity index (χ2n) is 7.77. The van der Waals surface area contributed by atoms with Crippen molar-refractivity contribution < 1.29 is 32.2 Å². The van der Waals surface area contributed by atoms with E-state index < -0.39 is 22.5 Å². The van der Waals surface area contributed by atoms with Crippen LogP contribution in [0.3, 0.4) is 0 Å². The molecule has 1 aromatic heterocycles. The standard InChI is InChI=1S/C24H23F3O4S/c1-15-17(13-21(31-15)16-6-4-7-18(12-16)24(25,26)27)14-30-19-8-5-9-20(11-10-19)32-23(2,3)22(28)29/h4-13,20H,14H2,1-3H3,(H,28,29). The van der Waals surface area contributed by atoms with Gasteiger partial charge in [0.05, 0.1) is 5.56 Å². The highest BCUT2D eigenvalue weighted by Gasteiger charge is 2.31. The zero-order chi connectivity index (χ0) is 23.5. The molecule has 1 aliphatic rings. The molecule has 170 valence electrons. The summed E-state index contributed by atoms with van der Waals surface area (Å²) in [5, 5.41) is 9.17. The number of carbonyl (C=O) groups is 1. The van der Waals surface area contributed by atoms with Crippen LogP contribution < -0.4 is 0 Å². The molecule has 0 saturated heterocycles. The van der Waals surface area contributed by atoms with Crippen molar-refractivity contribution in [1.82, 2.24) is 0 Å². The third-order valence-corrected chi connectivity index (χ3v) is 6.20. The van der Waals surface area contributed by atoms with Crippen LogP contribution in [0.4, 0.5) is 13.2 Å². The van der Waals surface area contributed by atoms with Crippen molar-refractivity contribution >= 4 is 17.7 Å². The molecule has 0 fully saturated rings. The van der Waals surface area contributed by atoms with E-state index in [9.17, 15) is 23.1 Å². The number of rotatable bonds is 7. The van der Waals surface area contributed by atoms with Gasteiger partial charge in [-0.05, 0) is 51.1 Å². The fourth-order valence-corrected chi connectivity index (χ4v) is 4.06. The number of carboxylic acids is 1. The Hall–Kier alpha value is -2.87. The van der Waals surface area contributed by atoms with E-state index in [-0.39, 0.29) is 11.9 Å². The van der Waals surface area contributed by atoms with Crippen LogP contribution in [0.5, 0.6) is 0 Å². The Bertz CT molecular complexity index is 1080. The highest BCUT2D eigenvalue weighted by molar-refractivity contribution is 8.02. The molecule has 8 heteroatoms. The van der Waals surface area contributed by atoms with Crippen LogP contribution in [0, 0.1) is 6.92 Å².